The lowest BCUT2D eigenvalue weighted by Gasteiger charge is -2.48. The first kappa shape index (κ1) is 29.4. The molecule has 1 N–H and O–H groups in total. The number of amides is 1. The molecule has 2 aromatic rings. The summed E-state index contributed by atoms with van der Waals surface area (Å²) < 4.78 is 5.74. The topological polar surface area (TPSA) is 75.7 Å². The third-order valence-electron chi connectivity index (χ3n) is 8.12. The highest BCUT2D eigenvalue weighted by molar-refractivity contribution is 6.42. The van der Waals surface area contributed by atoms with Gasteiger partial charge in [-0.05, 0) is 66.5 Å². The van der Waals surface area contributed by atoms with E-state index in [4.69, 9.17) is 27.9 Å². The number of ether oxygens (including phenoxy) is 1. The Kier molecular flexibility index (Phi) is 7.86. The number of nitrogens with zero attached hydrogens (tertiary/aromatic N) is 1. The number of nitrogens with one attached hydrogen (secondary N) is 1. The van der Waals surface area contributed by atoms with Crippen molar-refractivity contribution in [2.24, 2.45) is 10.8 Å². The minimum atomic E-state index is -0.401. The molecule has 2 aliphatic carbocycles. The second-order valence-corrected chi connectivity index (χ2v) is 13.6. The number of hydrogen-bond donors (Lipinski definition) is 1. The average Bonchev–Trinajstić information content (AvgIpc) is 2.87. The number of carbonyl (C=O) groups is 3. The number of benzene rings is 2. The van der Waals surface area contributed by atoms with E-state index in [0.29, 0.717) is 40.9 Å². The van der Waals surface area contributed by atoms with E-state index in [1.54, 1.807) is 30.3 Å². The van der Waals surface area contributed by atoms with E-state index in [0.717, 1.165) is 40.9 Å². The minimum absolute atomic E-state index is 0.114. The molecule has 5 rings (SSSR count). The van der Waals surface area contributed by atoms with Gasteiger partial charge in [-0.3, -0.25) is 14.4 Å². The normalized spacial score (nSPS) is 20.1. The summed E-state index contributed by atoms with van der Waals surface area (Å²) in [4.78, 5) is 42.2. The maximum Gasteiger partial charge on any atom is 0.262 e. The fourth-order valence-corrected chi connectivity index (χ4v) is 6.74. The van der Waals surface area contributed by atoms with Crippen molar-refractivity contribution in [3.05, 3.63) is 80.6 Å². The maximum absolute atomic E-state index is 13.7. The molecule has 1 aliphatic heterocycles. The summed E-state index contributed by atoms with van der Waals surface area (Å²) in [6, 6.07) is 12.3. The number of allylic oxidation sites excluding steroid dienone is 4. The Hall–Kier alpha value is -3.09. The van der Waals surface area contributed by atoms with Crippen LogP contribution in [0.3, 0.4) is 0 Å². The largest absolute Gasteiger partial charge is 0.484 e. The van der Waals surface area contributed by atoms with E-state index in [2.05, 4.69) is 44.8 Å². The van der Waals surface area contributed by atoms with Gasteiger partial charge in [0, 0.05) is 53.5 Å². The summed E-state index contributed by atoms with van der Waals surface area (Å²) in [5, 5.41) is 3.50. The molecule has 8 heteroatoms. The minimum Gasteiger partial charge on any atom is -0.484 e. The highest BCUT2D eigenvalue weighted by Gasteiger charge is 2.48. The predicted molar refractivity (Wildman–Crippen MR) is 162 cm³/mol. The molecule has 1 amide bonds. The first-order valence-corrected chi connectivity index (χ1v) is 14.8. The van der Waals surface area contributed by atoms with Gasteiger partial charge in [0.15, 0.2) is 18.2 Å². The van der Waals surface area contributed by atoms with Crippen LogP contribution in [0.2, 0.25) is 10.0 Å². The van der Waals surface area contributed by atoms with Crippen LogP contribution in [0.1, 0.15) is 71.8 Å². The molecule has 0 aromatic heterocycles. The van der Waals surface area contributed by atoms with E-state index < -0.39 is 5.92 Å². The third kappa shape index (κ3) is 5.96. The molecule has 0 bridgehead atoms. The van der Waals surface area contributed by atoms with Gasteiger partial charge in [0.25, 0.3) is 5.91 Å². The number of Topliss-reactive ketones (excluding diaryl/α,β-unsaturated/α-hetero) is 2. The summed E-state index contributed by atoms with van der Waals surface area (Å²) in [5.41, 5.74) is 4.75. The lowest BCUT2D eigenvalue weighted by Crippen LogP contribution is -2.44. The first-order valence-electron chi connectivity index (χ1n) is 14.1. The van der Waals surface area contributed by atoms with Crippen LogP contribution in [-0.2, 0) is 14.4 Å². The molecule has 2 aromatic carbocycles. The molecule has 216 valence electrons. The second kappa shape index (κ2) is 11.0. The highest BCUT2D eigenvalue weighted by atomic mass is 35.5. The van der Waals surface area contributed by atoms with Crippen LogP contribution in [0, 0.1) is 10.8 Å². The summed E-state index contributed by atoms with van der Waals surface area (Å²) in [6.45, 7) is 11.2. The van der Waals surface area contributed by atoms with Crippen LogP contribution < -0.4 is 10.1 Å². The van der Waals surface area contributed by atoms with Crippen LogP contribution in [0.25, 0.3) is 0 Å². The molecule has 3 aliphatic rings. The number of ketones is 2. The van der Waals surface area contributed by atoms with Crippen molar-refractivity contribution in [1.29, 1.82) is 0 Å². The van der Waals surface area contributed by atoms with Gasteiger partial charge in [0.1, 0.15) is 5.75 Å². The van der Waals surface area contributed by atoms with Crippen LogP contribution in [0.5, 0.6) is 5.75 Å². The predicted octanol–water partition coefficient (Wildman–Crippen LogP) is 7.72. The van der Waals surface area contributed by atoms with Crippen LogP contribution in [0.15, 0.2) is 65.0 Å². The van der Waals surface area contributed by atoms with E-state index in [1.807, 2.05) is 12.1 Å². The average molecular weight is 596 g/mol. The van der Waals surface area contributed by atoms with Gasteiger partial charge in [0.2, 0.25) is 0 Å². The molecule has 1 heterocycles. The van der Waals surface area contributed by atoms with Gasteiger partial charge in [-0.1, -0.05) is 63.0 Å². The lowest BCUT2D eigenvalue weighted by molar-refractivity contribution is -0.120. The Labute approximate surface area is 251 Å². The van der Waals surface area contributed by atoms with E-state index >= 15 is 0 Å². The Bertz CT molecular complexity index is 1430. The number of carbonyl (C=O) groups excluding carboxylic acids is 3. The van der Waals surface area contributed by atoms with Crippen LogP contribution in [0.4, 0.5) is 5.69 Å². The summed E-state index contributed by atoms with van der Waals surface area (Å²) >= 11 is 12.0. The van der Waals surface area contributed by atoms with Gasteiger partial charge in [-0.25, -0.2) is 0 Å². The zero-order chi connectivity index (χ0) is 29.7. The molecule has 0 fully saturated rings. The van der Waals surface area contributed by atoms with Crippen molar-refractivity contribution in [2.45, 2.75) is 66.2 Å². The fourth-order valence-electron chi connectivity index (χ4n) is 6.44. The zero-order valence-corrected chi connectivity index (χ0v) is 25.7. The van der Waals surface area contributed by atoms with Gasteiger partial charge < -0.3 is 15.0 Å². The molecule has 0 spiro atoms. The molecule has 0 unspecified atom stereocenters. The van der Waals surface area contributed by atoms with Crippen molar-refractivity contribution in [2.75, 3.05) is 18.5 Å². The first-order chi connectivity index (χ1) is 19.3. The fraction of sp³-hybridized carbons (Fsp3) is 0.424. The Morgan fingerprint density at radius 2 is 1.44 bits per heavy atom. The molecule has 0 saturated heterocycles. The van der Waals surface area contributed by atoms with Crippen LogP contribution in [-0.4, -0.2) is 35.5 Å². The molecule has 0 radical (unpaired) electrons. The highest BCUT2D eigenvalue weighted by Crippen LogP contribution is 2.54. The van der Waals surface area contributed by atoms with Gasteiger partial charge in [-0.2, -0.15) is 0 Å². The summed E-state index contributed by atoms with van der Waals surface area (Å²) in [7, 11) is 0. The van der Waals surface area contributed by atoms with E-state index in [9.17, 15) is 14.4 Å². The van der Waals surface area contributed by atoms with Gasteiger partial charge >= 0.3 is 0 Å². The number of hydrogen-bond acceptors (Lipinski definition) is 5. The monoisotopic (exact) mass is 594 g/mol. The molecule has 0 atom stereocenters. The molecule has 6 nitrogen and oxygen atoms in total. The molecule has 41 heavy (non-hydrogen) atoms. The van der Waals surface area contributed by atoms with Crippen molar-refractivity contribution < 1.29 is 19.1 Å². The summed E-state index contributed by atoms with van der Waals surface area (Å²) in [5.74, 6) is 0.00264. The van der Waals surface area contributed by atoms with Crippen molar-refractivity contribution in [3.8, 4) is 5.75 Å². The number of halogens is 2. The standard InChI is InChI=1S/C33H36Cl2N2O4/c1-6-37-24-14-32(2,3)16-26(38)30(24)29(31-25(37)15-33(4,5)17-27(31)39)19-7-10-21(11-8-19)41-18-28(40)36-20-9-12-22(34)23(35)13-20/h7-13,29H,6,14-18H2,1-5H3,(H,36,40). The Morgan fingerprint density at radius 3 is 1.95 bits per heavy atom. The third-order valence-corrected chi connectivity index (χ3v) is 8.86. The maximum atomic E-state index is 13.7. The Balaban J connectivity index is 1.43. The molecular weight excluding hydrogens is 559 g/mol. The van der Waals surface area contributed by atoms with Gasteiger partial charge in [0.05, 0.1) is 10.0 Å². The lowest BCUT2D eigenvalue weighted by atomic mass is 9.63. The van der Waals surface area contributed by atoms with Crippen LogP contribution >= 0.6 is 23.2 Å². The molecular formula is C33H36Cl2N2O4. The quantitative estimate of drug-likeness (QED) is 0.370. The zero-order valence-electron chi connectivity index (χ0n) is 24.2. The molecule has 0 saturated carbocycles. The number of anilines is 1. The Morgan fingerprint density at radius 1 is 0.878 bits per heavy atom. The summed E-state index contributed by atoms with van der Waals surface area (Å²) in [6.07, 6.45) is 2.49. The number of rotatable bonds is 6. The smallest absolute Gasteiger partial charge is 0.262 e. The van der Waals surface area contributed by atoms with Crippen molar-refractivity contribution in [1.82, 2.24) is 4.90 Å². The van der Waals surface area contributed by atoms with Crippen molar-refractivity contribution >= 4 is 46.4 Å². The van der Waals surface area contributed by atoms with E-state index in [-0.39, 0.29) is 34.9 Å². The van der Waals surface area contributed by atoms with Crippen molar-refractivity contribution in [3.63, 3.8) is 0 Å². The SMILES string of the molecule is CCN1C2=C(C(=O)CC(C)(C)C2)C(c2ccc(OCC(=O)Nc3ccc(Cl)c(Cl)c3)cc2)C2=C1CC(C)(C)CC2=O. The second-order valence-electron chi connectivity index (χ2n) is 12.8. The van der Waals surface area contributed by atoms with Gasteiger partial charge in [-0.15, -0.1) is 0 Å². The van der Waals surface area contributed by atoms with E-state index in [1.165, 1.54) is 0 Å².